The van der Waals surface area contributed by atoms with Crippen molar-refractivity contribution in [3.05, 3.63) is 57.3 Å². The molecule has 0 bridgehead atoms. The van der Waals surface area contributed by atoms with Crippen LogP contribution in [0.5, 0.6) is 11.5 Å². The van der Waals surface area contributed by atoms with E-state index in [1.807, 2.05) is 0 Å². The maximum Gasteiger partial charge on any atom is 0.141 e. The van der Waals surface area contributed by atoms with Gasteiger partial charge < -0.3 is 10.5 Å². The Morgan fingerprint density at radius 2 is 1.94 bits per heavy atom. The van der Waals surface area contributed by atoms with E-state index in [1.165, 1.54) is 12.1 Å². The maximum atomic E-state index is 13.0. The molecule has 0 aliphatic heterocycles. The lowest BCUT2D eigenvalue weighted by Gasteiger charge is -2.11. The number of rotatable bonds is 3. The minimum atomic E-state index is -0.334. The van der Waals surface area contributed by atoms with Gasteiger partial charge in [-0.15, -0.1) is 0 Å². The van der Waals surface area contributed by atoms with E-state index in [0.717, 1.165) is 5.56 Å². The fourth-order valence-corrected chi connectivity index (χ4v) is 2.06. The van der Waals surface area contributed by atoms with Crippen LogP contribution < -0.4 is 10.5 Å². The first-order valence-electron chi connectivity index (χ1n) is 5.21. The largest absolute Gasteiger partial charge is 0.456 e. The standard InChI is InChI=1S/C13H10BrClFNO/c14-11-6-10(16)3-4-12(11)18-13-5-9(15)2-1-8(13)7-17/h1-6H,7,17H2. The minimum Gasteiger partial charge on any atom is -0.456 e. The Kier molecular flexibility index (Phi) is 4.22. The summed E-state index contributed by atoms with van der Waals surface area (Å²) in [4.78, 5) is 0. The Morgan fingerprint density at radius 3 is 2.61 bits per heavy atom. The second-order valence-corrected chi connectivity index (χ2v) is 4.92. The van der Waals surface area contributed by atoms with Gasteiger partial charge in [0.15, 0.2) is 0 Å². The Morgan fingerprint density at radius 1 is 1.17 bits per heavy atom. The van der Waals surface area contributed by atoms with Gasteiger partial charge in [-0.1, -0.05) is 17.7 Å². The summed E-state index contributed by atoms with van der Waals surface area (Å²) in [7, 11) is 0. The molecule has 0 aliphatic rings. The molecule has 0 amide bonds. The third-order valence-corrected chi connectivity index (χ3v) is 3.22. The normalized spacial score (nSPS) is 10.4. The quantitative estimate of drug-likeness (QED) is 0.899. The van der Waals surface area contributed by atoms with Crippen LogP contribution in [0.4, 0.5) is 4.39 Å². The van der Waals surface area contributed by atoms with Crippen molar-refractivity contribution in [2.75, 3.05) is 0 Å². The maximum absolute atomic E-state index is 13.0. The van der Waals surface area contributed by atoms with Gasteiger partial charge in [0, 0.05) is 17.1 Å². The molecule has 2 aromatic carbocycles. The highest BCUT2D eigenvalue weighted by Gasteiger charge is 2.08. The van der Waals surface area contributed by atoms with E-state index < -0.39 is 0 Å². The molecule has 0 saturated carbocycles. The van der Waals surface area contributed by atoms with Gasteiger partial charge in [-0.3, -0.25) is 0 Å². The number of nitrogens with two attached hydrogens (primary N) is 1. The second kappa shape index (κ2) is 5.69. The molecule has 2 N–H and O–H groups in total. The molecule has 0 radical (unpaired) electrons. The summed E-state index contributed by atoms with van der Waals surface area (Å²) in [5.41, 5.74) is 6.45. The highest BCUT2D eigenvalue weighted by atomic mass is 79.9. The fourth-order valence-electron chi connectivity index (χ4n) is 1.47. The number of halogens is 3. The molecule has 2 nitrogen and oxygen atoms in total. The summed E-state index contributed by atoms with van der Waals surface area (Å²) in [6, 6.07) is 9.43. The molecule has 18 heavy (non-hydrogen) atoms. The van der Waals surface area contributed by atoms with Gasteiger partial charge in [-0.25, -0.2) is 4.39 Å². The first-order valence-corrected chi connectivity index (χ1v) is 6.38. The first-order chi connectivity index (χ1) is 8.60. The van der Waals surface area contributed by atoms with Crippen molar-refractivity contribution in [3.8, 4) is 11.5 Å². The Bertz CT molecular complexity index is 577. The summed E-state index contributed by atoms with van der Waals surface area (Å²) in [6.45, 7) is 0.339. The van der Waals surface area contributed by atoms with Gasteiger partial charge in [0.2, 0.25) is 0 Å². The predicted octanol–water partition coefficient (Wildman–Crippen LogP) is 4.49. The average molecular weight is 331 g/mol. The molecule has 0 heterocycles. The fraction of sp³-hybridized carbons (Fsp3) is 0.0769. The second-order valence-electron chi connectivity index (χ2n) is 3.63. The van der Waals surface area contributed by atoms with Gasteiger partial charge >= 0.3 is 0 Å². The zero-order valence-corrected chi connectivity index (χ0v) is 11.6. The Labute approximate surface area is 118 Å². The van der Waals surface area contributed by atoms with Crippen LogP contribution in [0, 0.1) is 5.82 Å². The lowest BCUT2D eigenvalue weighted by Crippen LogP contribution is -1.99. The molecule has 0 saturated heterocycles. The van der Waals surface area contributed by atoms with Crippen LogP contribution in [0.3, 0.4) is 0 Å². The van der Waals surface area contributed by atoms with Gasteiger partial charge in [0.25, 0.3) is 0 Å². The van der Waals surface area contributed by atoms with Gasteiger partial charge in [-0.05, 0) is 46.3 Å². The monoisotopic (exact) mass is 329 g/mol. The lowest BCUT2D eigenvalue weighted by molar-refractivity contribution is 0.471. The molecule has 0 spiro atoms. The highest BCUT2D eigenvalue weighted by Crippen LogP contribution is 2.33. The van der Waals surface area contributed by atoms with E-state index in [1.54, 1.807) is 24.3 Å². The van der Waals surface area contributed by atoms with Crippen LogP contribution in [0.25, 0.3) is 0 Å². The van der Waals surface area contributed by atoms with Crippen molar-refractivity contribution in [2.45, 2.75) is 6.54 Å². The predicted molar refractivity (Wildman–Crippen MR) is 73.5 cm³/mol. The van der Waals surface area contributed by atoms with Crippen molar-refractivity contribution in [3.63, 3.8) is 0 Å². The van der Waals surface area contributed by atoms with E-state index in [9.17, 15) is 4.39 Å². The van der Waals surface area contributed by atoms with E-state index in [0.29, 0.717) is 27.5 Å². The Hall–Kier alpha value is -1.10. The molecular formula is C13H10BrClFNO. The van der Waals surface area contributed by atoms with Crippen molar-refractivity contribution in [2.24, 2.45) is 5.73 Å². The van der Waals surface area contributed by atoms with Gasteiger partial charge in [0.05, 0.1) is 4.47 Å². The number of hydrogen-bond donors (Lipinski definition) is 1. The molecule has 2 rings (SSSR count). The molecule has 0 aliphatic carbocycles. The number of benzene rings is 2. The average Bonchev–Trinajstić information content (AvgIpc) is 2.33. The van der Waals surface area contributed by atoms with E-state index in [2.05, 4.69) is 15.9 Å². The third kappa shape index (κ3) is 3.02. The zero-order chi connectivity index (χ0) is 13.1. The van der Waals surface area contributed by atoms with Crippen LogP contribution >= 0.6 is 27.5 Å². The van der Waals surface area contributed by atoms with Crippen LogP contribution in [0.15, 0.2) is 40.9 Å². The minimum absolute atomic E-state index is 0.334. The molecule has 94 valence electrons. The third-order valence-electron chi connectivity index (χ3n) is 2.36. The van der Waals surface area contributed by atoms with Crippen molar-refractivity contribution in [1.82, 2.24) is 0 Å². The summed E-state index contributed by atoms with van der Waals surface area (Å²) >= 11 is 9.15. The summed E-state index contributed by atoms with van der Waals surface area (Å²) in [6.07, 6.45) is 0. The lowest BCUT2D eigenvalue weighted by atomic mass is 10.2. The SMILES string of the molecule is NCc1ccc(Cl)cc1Oc1ccc(F)cc1Br. The molecule has 0 aromatic heterocycles. The van der Waals surface area contributed by atoms with Crippen molar-refractivity contribution in [1.29, 1.82) is 0 Å². The molecular weight excluding hydrogens is 321 g/mol. The first kappa shape index (κ1) is 13.3. The van der Waals surface area contributed by atoms with Crippen LogP contribution in [0.2, 0.25) is 5.02 Å². The molecule has 0 unspecified atom stereocenters. The smallest absolute Gasteiger partial charge is 0.141 e. The molecule has 5 heteroatoms. The summed E-state index contributed by atoms with van der Waals surface area (Å²) < 4.78 is 19.2. The molecule has 0 atom stereocenters. The van der Waals surface area contributed by atoms with E-state index in [4.69, 9.17) is 22.1 Å². The van der Waals surface area contributed by atoms with Gasteiger partial charge in [0.1, 0.15) is 17.3 Å². The topological polar surface area (TPSA) is 35.2 Å². The van der Waals surface area contributed by atoms with Crippen LogP contribution in [-0.4, -0.2) is 0 Å². The molecule has 2 aromatic rings. The molecule has 0 fully saturated rings. The van der Waals surface area contributed by atoms with Crippen LogP contribution in [-0.2, 0) is 6.54 Å². The van der Waals surface area contributed by atoms with Crippen LogP contribution in [0.1, 0.15) is 5.56 Å². The van der Waals surface area contributed by atoms with E-state index >= 15 is 0 Å². The van der Waals surface area contributed by atoms with Crippen molar-refractivity contribution >= 4 is 27.5 Å². The summed E-state index contributed by atoms with van der Waals surface area (Å²) in [5, 5.41) is 0.556. The van der Waals surface area contributed by atoms with Crippen molar-refractivity contribution < 1.29 is 9.13 Å². The number of hydrogen-bond acceptors (Lipinski definition) is 2. The summed E-state index contributed by atoms with van der Waals surface area (Å²) in [5.74, 6) is 0.741. The Balaban J connectivity index is 2.36. The van der Waals surface area contributed by atoms with Gasteiger partial charge in [-0.2, -0.15) is 0 Å². The zero-order valence-electron chi connectivity index (χ0n) is 9.29. The van der Waals surface area contributed by atoms with E-state index in [-0.39, 0.29) is 5.82 Å². The number of ether oxygens (including phenoxy) is 1. The highest BCUT2D eigenvalue weighted by molar-refractivity contribution is 9.10.